The molecule has 1 heterocycles. The Labute approximate surface area is 166 Å². The molecule has 0 spiro atoms. The van der Waals surface area contributed by atoms with Gasteiger partial charge in [-0.05, 0) is 60.4 Å². The van der Waals surface area contributed by atoms with E-state index >= 15 is 0 Å². The lowest BCUT2D eigenvalue weighted by Gasteiger charge is -2.27. The second kappa shape index (κ2) is 8.02. The van der Waals surface area contributed by atoms with E-state index in [1.807, 2.05) is 37.3 Å². The van der Waals surface area contributed by atoms with Crippen molar-refractivity contribution in [1.29, 1.82) is 0 Å². The minimum Gasteiger partial charge on any atom is -0.344 e. The fourth-order valence-electron chi connectivity index (χ4n) is 2.81. The molecule has 5 nitrogen and oxygen atoms in total. The number of aromatic nitrogens is 2. The highest BCUT2D eigenvalue weighted by molar-refractivity contribution is 8.32. The smallest absolute Gasteiger partial charge is 0.272 e. The van der Waals surface area contributed by atoms with Crippen LogP contribution in [0.15, 0.2) is 76.4 Å². The summed E-state index contributed by atoms with van der Waals surface area (Å²) in [6.45, 7) is 1.95. The summed E-state index contributed by atoms with van der Waals surface area (Å²) in [7, 11) is -0.844. The van der Waals surface area contributed by atoms with Crippen LogP contribution < -0.4 is 10.9 Å². The number of carbonyl (C=O) groups excluding carboxylic acids is 1. The molecule has 3 rings (SSSR count). The number of benzene rings is 2. The minimum absolute atomic E-state index is 0.173. The summed E-state index contributed by atoms with van der Waals surface area (Å²) in [4.78, 5) is 26.2. The van der Waals surface area contributed by atoms with Crippen molar-refractivity contribution in [3.8, 4) is 5.69 Å². The molecule has 0 unspecified atom stereocenters. The number of nitrogens with zero attached hydrogens (tertiary/aromatic N) is 2. The molecule has 146 valence electrons. The Balaban J connectivity index is 1.83. The number of amides is 1. The highest BCUT2D eigenvalue weighted by atomic mass is 32.3. The van der Waals surface area contributed by atoms with Crippen molar-refractivity contribution < 1.29 is 4.79 Å². The Kier molecular flexibility index (Phi) is 5.70. The summed E-state index contributed by atoms with van der Waals surface area (Å²) >= 11 is 0. The minimum atomic E-state index is -0.844. The van der Waals surface area contributed by atoms with Crippen LogP contribution in [0, 0.1) is 0 Å². The Morgan fingerprint density at radius 3 is 2.39 bits per heavy atom. The number of hydrogen-bond donors (Lipinski definition) is 1. The van der Waals surface area contributed by atoms with E-state index in [2.05, 4.69) is 41.3 Å². The second-order valence-electron chi connectivity index (χ2n) is 7.41. The van der Waals surface area contributed by atoms with E-state index in [-0.39, 0.29) is 23.2 Å². The standard InChI is InChI=1S/C22H25N3O2S/c1-16(17-9-8-12-19(15-17)28(2,3)4)23-22(27)20-13-14-21(26)25(24-20)18-10-6-5-7-11-18/h5-16H,1-4H3,(H,23,27)/t16-/m1/s1. The maximum Gasteiger partial charge on any atom is 0.272 e. The van der Waals surface area contributed by atoms with Crippen LogP contribution in [-0.2, 0) is 0 Å². The zero-order chi connectivity index (χ0) is 20.3. The first-order valence-electron chi connectivity index (χ1n) is 9.01. The average Bonchev–Trinajstić information content (AvgIpc) is 2.68. The molecule has 0 saturated carbocycles. The van der Waals surface area contributed by atoms with Crippen LogP contribution in [0.2, 0.25) is 0 Å². The highest BCUT2D eigenvalue weighted by Gasteiger charge is 2.16. The Hall–Kier alpha value is -2.86. The largest absolute Gasteiger partial charge is 0.344 e. The highest BCUT2D eigenvalue weighted by Crippen LogP contribution is 2.45. The van der Waals surface area contributed by atoms with Gasteiger partial charge in [0, 0.05) is 6.07 Å². The van der Waals surface area contributed by atoms with Gasteiger partial charge in [0.15, 0.2) is 0 Å². The maximum atomic E-state index is 12.7. The molecule has 0 saturated heterocycles. The quantitative estimate of drug-likeness (QED) is 0.715. The van der Waals surface area contributed by atoms with Crippen molar-refractivity contribution in [2.75, 3.05) is 18.8 Å². The molecule has 2 aromatic carbocycles. The van der Waals surface area contributed by atoms with E-state index in [1.54, 1.807) is 12.1 Å². The van der Waals surface area contributed by atoms with E-state index in [0.29, 0.717) is 5.69 Å². The third-order valence-electron chi connectivity index (χ3n) is 4.45. The summed E-state index contributed by atoms with van der Waals surface area (Å²) in [5.74, 6) is -0.314. The van der Waals surface area contributed by atoms with Gasteiger partial charge in [-0.1, -0.05) is 36.4 Å². The summed E-state index contributed by atoms with van der Waals surface area (Å²) in [6.07, 6.45) is 6.73. The van der Waals surface area contributed by atoms with Crippen LogP contribution in [-0.4, -0.2) is 34.5 Å². The number of hydrogen-bond acceptors (Lipinski definition) is 3. The van der Waals surface area contributed by atoms with Gasteiger partial charge in [0.25, 0.3) is 11.5 Å². The first-order valence-corrected chi connectivity index (χ1v) is 11.9. The first-order chi connectivity index (χ1) is 13.3. The predicted octanol–water partition coefficient (Wildman–Crippen LogP) is 3.78. The van der Waals surface area contributed by atoms with Gasteiger partial charge in [-0.2, -0.15) is 9.78 Å². The van der Waals surface area contributed by atoms with Crippen LogP contribution in [0.4, 0.5) is 0 Å². The van der Waals surface area contributed by atoms with Crippen molar-refractivity contribution in [2.45, 2.75) is 17.9 Å². The lowest BCUT2D eigenvalue weighted by atomic mass is 10.1. The number of rotatable bonds is 5. The lowest BCUT2D eigenvalue weighted by molar-refractivity contribution is 0.0933. The van der Waals surface area contributed by atoms with Crippen LogP contribution in [0.25, 0.3) is 5.69 Å². The Morgan fingerprint density at radius 1 is 1.00 bits per heavy atom. The molecule has 0 bridgehead atoms. The van der Waals surface area contributed by atoms with Gasteiger partial charge in [-0.25, -0.2) is 10.0 Å². The fourth-order valence-corrected chi connectivity index (χ4v) is 3.78. The summed E-state index contributed by atoms with van der Waals surface area (Å²) < 4.78 is 1.24. The fraction of sp³-hybridized carbons (Fsp3) is 0.227. The normalized spacial score (nSPS) is 13.0. The molecule has 0 aliphatic rings. The predicted molar refractivity (Wildman–Crippen MR) is 116 cm³/mol. The molecular formula is C22H25N3O2S. The molecule has 28 heavy (non-hydrogen) atoms. The third kappa shape index (κ3) is 4.51. The topological polar surface area (TPSA) is 64.0 Å². The van der Waals surface area contributed by atoms with Gasteiger partial charge in [-0.15, -0.1) is 0 Å². The molecule has 1 aromatic heterocycles. The molecule has 1 N–H and O–H groups in total. The van der Waals surface area contributed by atoms with Gasteiger partial charge in [0.05, 0.1) is 11.7 Å². The Bertz CT molecular complexity index is 1040. The number of carbonyl (C=O) groups is 1. The van der Waals surface area contributed by atoms with Crippen molar-refractivity contribution >= 4 is 15.9 Å². The van der Waals surface area contributed by atoms with Crippen LogP contribution in [0.5, 0.6) is 0 Å². The van der Waals surface area contributed by atoms with Crippen molar-refractivity contribution in [2.24, 2.45) is 0 Å². The number of nitrogens with one attached hydrogen (secondary N) is 1. The zero-order valence-corrected chi connectivity index (χ0v) is 17.4. The van der Waals surface area contributed by atoms with Crippen molar-refractivity contribution in [3.05, 3.63) is 88.3 Å². The van der Waals surface area contributed by atoms with E-state index in [0.717, 1.165) is 5.56 Å². The van der Waals surface area contributed by atoms with Gasteiger partial charge >= 0.3 is 0 Å². The molecule has 6 heteroatoms. The van der Waals surface area contributed by atoms with Gasteiger partial charge in [0.2, 0.25) is 0 Å². The molecule has 0 fully saturated rings. The van der Waals surface area contributed by atoms with Gasteiger partial charge < -0.3 is 5.32 Å². The van der Waals surface area contributed by atoms with Gasteiger partial charge in [0.1, 0.15) is 5.69 Å². The SMILES string of the molecule is C[C@@H](NC(=O)c1ccc(=O)n(-c2ccccc2)n1)c1cccc(S(C)(C)C)c1. The lowest BCUT2D eigenvalue weighted by Crippen LogP contribution is -2.30. The second-order valence-corrected chi connectivity index (χ2v) is 11.6. The molecular weight excluding hydrogens is 370 g/mol. The summed E-state index contributed by atoms with van der Waals surface area (Å²) in [5, 5.41) is 7.22. The van der Waals surface area contributed by atoms with Crippen molar-refractivity contribution in [1.82, 2.24) is 15.1 Å². The summed E-state index contributed by atoms with van der Waals surface area (Å²) in [5.41, 5.74) is 1.59. The average molecular weight is 396 g/mol. The molecule has 0 radical (unpaired) electrons. The van der Waals surface area contributed by atoms with Crippen LogP contribution >= 0.6 is 10.0 Å². The maximum absolute atomic E-state index is 12.7. The van der Waals surface area contributed by atoms with Crippen LogP contribution in [0.1, 0.15) is 29.0 Å². The monoisotopic (exact) mass is 395 g/mol. The van der Waals surface area contributed by atoms with Gasteiger partial charge in [-0.3, -0.25) is 9.59 Å². The van der Waals surface area contributed by atoms with Crippen molar-refractivity contribution in [3.63, 3.8) is 0 Å². The van der Waals surface area contributed by atoms with E-state index in [9.17, 15) is 9.59 Å². The summed E-state index contributed by atoms with van der Waals surface area (Å²) in [6, 6.07) is 20.0. The molecule has 0 aliphatic carbocycles. The molecule has 1 amide bonds. The molecule has 1 atom stereocenters. The van der Waals surface area contributed by atoms with E-state index in [4.69, 9.17) is 0 Å². The third-order valence-corrected chi connectivity index (χ3v) is 6.11. The van der Waals surface area contributed by atoms with E-state index < -0.39 is 10.0 Å². The first kappa shape index (κ1) is 19.9. The Morgan fingerprint density at radius 2 is 1.71 bits per heavy atom. The van der Waals surface area contributed by atoms with Crippen LogP contribution in [0.3, 0.4) is 0 Å². The molecule has 3 aromatic rings. The van der Waals surface area contributed by atoms with E-state index in [1.165, 1.54) is 21.7 Å². The molecule has 0 aliphatic heterocycles. The number of para-hydroxylation sites is 1. The zero-order valence-electron chi connectivity index (χ0n) is 16.5.